The zero-order chi connectivity index (χ0) is 17.4. The maximum absolute atomic E-state index is 13.7. The van der Waals surface area contributed by atoms with Crippen LogP contribution in [0.1, 0.15) is 24.5 Å². The molecule has 1 N–H and O–H groups in total. The highest BCUT2D eigenvalue weighted by atomic mass is 19.1. The second-order valence-electron chi connectivity index (χ2n) is 6.14. The summed E-state index contributed by atoms with van der Waals surface area (Å²) < 4.78 is 24.2. The van der Waals surface area contributed by atoms with Crippen LogP contribution in [0.25, 0.3) is 0 Å². The van der Waals surface area contributed by atoms with Gasteiger partial charge in [-0.05, 0) is 31.0 Å². The zero-order valence-electron chi connectivity index (χ0n) is 14.8. The molecule has 0 aromatic heterocycles. The van der Waals surface area contributed by atoms with E-state index in [1.165, 1.54) is 6.07 Å². The molecule has 1 unspecified atom stereocenters. The molecule has 0 saturated carbocycles. The molecule has 1 aliphatic rings. The minimum absolute atomic E-state index is 0.241. The van der Waals surface area contributed by atoms with Crippen LogP contribution in [0.4, 0.5) is 4.39 Å². The van der Waals surface area contributed by atoms with E-state index in [9.17, 15) is 4.39 Å². The van der Waals surface area contributed by atoms with Gasteiger partial charge in [-0.2, -0.15) is 0 Å². The lowest BCUT2D eigenvalue weighted by Gasteiger charge is -2.24. The van der Waals surface area contributed by atoms with Gasteiger partial charge in [0.05, 0.1) is 19.8 Å². The van der Waals surface area contributed by atoms with Crippen LogP contribution in [0, 0.1) is 11.7 Å². The van der Waals surface area contributed by atoms with Crippen molar-refractivity contribution >= 4 is 5.96 Å². The molecule has 0 amide bonds. The van der Waals surface area contributed by atoms with E-state index in [4.69, 9.17) is 9.47 Å². The topological polar surface area (TPSA) is 46.1 Å². The van der Waals surface area contributed by atoms with Gasteiger partial charge in [-0.1, -0.05) is 6.07 Å². The molecule has 1 atom stereocenters. The first-order valence-corrected chi connectivity index (χ1v) is 8.47. The van der Waals surface area contributed by atoms with E-state index in [0.717, 1.165) is 44.2 Å². The molecular weight excluding hydrogens is 309 g/mol. The van der Waals surface area contributed by atoms with Crippen molar-refractivity contribution in [2.75, 3.05) is 40.5 Å². The van der Waals surface area contributed by atoms with Crippen LogP contribution in [0.3, 0.4) is 0 Å². The first kappa shape index (κ1) is 18.7. The Labute approximate surface area is 143 Å². The van der Waals surface area contributed by atoms with Gasteiger partial charge in [-0.25, -0.2) is 9.38 Å². The number of ether oxygens (including phenoxy) is 2. The summed E-state index contributed by atoms with van der Waals surface area (Å²) in [6, 6.07) is 5.06. The fraction of sp³-hybridized carbons (Fsp3) is 0.611. The number of rotatable bonds is 7. The van der Waals surface area contributed by atoms with Gasteiger partial charge in [0.2, 0.25) is 0 Å². The third-order valence-electron chi connectivity index (χ3n) is 4.07. The Bertz CT molecular complexity index is 545. The second kappa shape index (κ2) is 9.59. The molecule has 134 valence electrons. The van der Waals surface area contributed by atoms with Crippen LogP contribution in [-0.4, -0.2) is 51.3 Å². The number of hydrogen-bond donors (Lipinski definition) is 1. The first-order valence-electron chi connectivity index (χ1n) is 8.47. The molecule has 24 heavy (non-hydrogen) atoms. The fourth-order valence-corrected chi connectivity index (χ4v) is 2.83. The third-order valence-corrected chi connectivity index (χ3v) is 4.07. The van der Waals surface area contributed by atoms with Gasteiger partial charge in [-0.15, -0.1) is 0 Å². The number of aliphatic imine (C=N–C) groups is 1. The van der Waals surface area contributed by atoms with E-state index < -0.39 is 0 Å². The minimum atomic E-state index is -0.241. The van der Waals surface area contributed by atoms with Gasteiger partial charge in [0.25, 0.3) is 0 Å². The molecule has 5 nitrogen and oxygen atoms in total. The summed E-state index contributed by atoms with van der Waals surface area (Å²) >= 11 is 0. The number of nitrogens with zero attached hydrogens (tertiary/aromatic N) is 2. The van der Waals surface area contributed by atoms with Crippen molar-refractivity contribution in [2.24, 2.45) is 10.9 Å². The molecule has 1 aromatic rings. The number of methoxy groups -OCH3 is 1. The highest BCUT2D eigenvalue weighted by Gasteiger charge is 2.19. The van der Waals surface area contributed by atoms with Crippen LogP contribution < -0.4 is 5.32 Å². The van der Waals surface area contributed by atoms with E-state index in [1.807, 2.05) is 13.1 Å². The molecule has 0 bridgehead atoms. The Balaban J connectivity index is 2.02. The minimum Gasteiger partial charge on any atom is -0.381 e. The Kier molecular flexibility index (Phi) is 7.46. The third kappa shape index (κ3) is 5.46. The Morgan fingerprint density at radius 2 is 2.33 bits per heavy atom. The highest BCUT2D eigenvalue weighted by molar-refractivity contribution is 5.79. The summed E-state index contributed by atoms with van der Waals surface area (Å²) in [7, 11) is 3.61. The number of halogens is 1. The number of nitrogens with one attached hydrogen (secondary N) is 1. The molecule has 1 heterocycles. The summed E-state index contributed by atoms with van der Waals surface area (Å²) in [6.07, 6.45) is 1.10. The van der Waals surface area contributed by atoms with Gasteiger partial charge in [-0.3, -0.25) is 0 Å². The van der Waals surface area contributed by atoms with Crippen LogP contribution >= 0.6 is 0 Å². The van der Waals surface area contributed by atoms with Crippen molar-refractivity contribution in [1.29, 1.82) is 0 Å². The average molecular weight is 337 g/mol. The Hall–Kier alpha value is -1.66. The largest absolute Gasteiger partial charge is 0.381 e. The quantitative estimate of drug-likeness (QED) is 0.613. The van der Waals surface area contributed by atoms with Crippen molar-refractivity contribution in [1.82, 2.24) is 10.2 Å². The standard InChI is InChI=1S/C18H28FN3O2/c1-4-20-18(22(2)11-15-7-8-24-12-15)21-10-14-5-6-17(19)16(9-14)13-23-3/h5-6,9,15H,4,7-8,10-13H2,1-3H3,(H,20,21). The van der Waals surface area contributed by atoms with E-state index in [-0.39, 0.29) is 12.4 Å². The van der Waals surface area contributed by atoms with Gasteiger partial charge < -0.3 is 19.7 Å². The maximum atomic E-state index is 13.7. The van der Waals surface area contributed by atoms with Crippen molar-refractivity contribution in [3.63, 3.8) is 0 Å². The van der Waals surface area contributed by atoms with Crippen LogP contribution in [0.2, 0.25) is 0 Å². The summed E-state index contributed by atoms with van der Waals surface area (Å²) in [4.78, 5) is 6.83. The number of benzene rings is 1. The van der Waals surface area contributed by atoms with Crippen molar-refractivity contribution in [3.05, 3.63) is 35.1 Å². The predicted octanol–water partition coefficient (Wildman–Crippen LogP) is 2.41. The Morgan fingerprint density at radius 1 is 1.50 bits per heavy atom. The molecule has 6 heteroatoms. The van der Waals surface area contributed by atoms with Crippen LogP contribution in [-0.2, 0) is 22.6 Å². The fourth-order valence-electron chi connectivity index (χ4n) is 2.83. The molecule has 1 aromatic carbocycles. The predicted molar refractivity (Wildman–Crippen MR) is 93.5 cm³/mol. The smallest absolute Gasteiger partial charge is 0.193 e. The van der Waals surface area contributed by atoms with E-state index in [2.05, 4.69) is 22.1 Å². The summed E-state index contributed by atoms with van der Waals surface area (Å²) in [5.74, 6) is 1.18. The van der Waals surface area contributed by atoms with E-state index in [1.54, 1.807) is 13.2 Å². The van der Waals surface area contributed by atoms with Gasteiger partial charge in [0, 0.05) is 45.3 Å². The van der Waals surface area contributed by atoms with Gasteiger partial charge in [0.1, 0.15) is 5.82 Å². The Morgan fingerprint density at radius 3 is 3.00 bits per heavy atom. The lowest BCUT2D eigenvalue weighted by atomic mass is 10.1. The van der Waals surface area contributed by atoms with E-state index >= 15 is 0 Å². The average Bonchev–Trinajstić information content (AvgIpc) is 3.07. The van der Waals surface area contributed by atoms with Gasteiger partial charge in [0.15, 0.2) is 5.96 Å². The summed E-state index contributed by atoms with van der Waals surface area (Å²) in [6.45, 7) is 6.23. The molecule has 1 aliphatic heterocycles. The molecule has 1 saturated heterocycles. The first-order chi connectivity index (χ1) is 11.6. The van der Waals surface area contributed by atoms with Crippen molar-refractivity contribution < 1.29 is 13.9 Å². The van der Waals surface area contributed by atoms with Crippen LogP contribution in [0.15, 0.2) is 23.2 Å². The monoisotopic (exact) mass is 337 g/mol. The summed E-state index contributed by atoms with van der Waals surface area (Å²) in [5, 5.41) is 3.31. The maximum Gasteiger partial charge on any atom is 0.193 e. The molecule has 1 fully saturated rings. The molecule has 0 radical (unpaired) electrons. The SMILES string of the molecule is CCNC(=NCc1ccc(F)c(COC)c1)N(C)CC1CCOC1. The van der Waals surface area contributed by atoms with Crippen LogP contribution in [0.5, 0.6) is 0 Å². The normalized spacial score (nSPS) is 18.0. The second-order valence-corrected chi connectivity index (χ2v) is 6.14. The van der Waals surface area contributed by atoms with E-state index in [0.29, 0.717) is 18.0 Å². The number of guanidine groups is 1. The lowest BCUT2D eigenvalue weighted by Crippen LogP contribution is -2.41. The molecular formula is C18H28FN3O2. The van der Waals surface area contributed by atoms with Crippen molar-refractivity contribution in [3.8, 4) is 0 Å². The van der Waals surface area contributed by atoms with Gasteiger partial charge >= 0.3 is 0 Å². The molecule has 2 rings (SSSR count). The highest BCUT2D eigenvalue weighted by Crippen LogP contribution is 2.14. The lowest BCUT2D eigenvalue weighted by molar-refractivity contribution is 0.181. The number of hydrogen-bond acceptors (Lipinski definition) is 3. The zero-order valence-corrected chi connectivity index (χ0v) is 14.8. The molecule has 0 spiro atoms. The van der Waals surface area contributed by atoms with Crippen molar-refractivity contribution in [2.45, 2.75) is 26.5 Å². The molecule has 0 aliphatic carbocycles. The summed E-state index contributed by atoms with van der Waals surface area (Å²) in [5.41, 5.74) is 1.53.